The predicted molar refractivity (Wildman–Crippen MR) is 201 cm³/mol. The first kappa shape index (κ1) is 36.7. The number of halogens is 1. The minimum atomic E-state index is -3.73. The van der Waals surface area contributed by atoms with Crippen molar-refractivity contribution in [3.05, 3.63) is 70.5 Å². The van der Waals surface area contributed by atoms with Gasteiger partial charge in [0, 0.05) is 51.1 Å². The average molecular weight is 759 g/mol. The number of urea groups is 1. The predicted octanol–water partition coefficient (Wildman–Crippen LogP) is 4.66. The quantitative estimate of drug-likeness (QED) is 0.232. The Morgan fingerprint density at radius 3 is 2.45 bits per heavy atom. The summed E-state index contributed by atoms with van der Waals surface area (Å²) in [5, 5.41) is 21.5. The average Bonchev–Trinajstić information content (AvgIpc) is 3.48. The highest BCUT2D eigenvalue weighted by Crippen LogP contribution is 2.34. The lowest BCUT2D eigenvalue weighted by atomic mass is 9.88. The normalized spacial score (nSPS) is 18.9. The van der Waals surface area contributed by atoms with Crippen molar-refractivity contribution in [3.8, 4) is 6.07 Å². The Kier molecular flexibility index (Phi) is 10.7. The fourth-order valence-corrected chi connectivity index (χ4v) is 9.39. The van der Waals surface area contributed by atoms with Crippen LogP contribution in [-0.2, 0) is 28.3 Å². The van der Waals surface area contributed by atoms with Gasteiger partial charge in [-0.2, -0.15) is 14.7 Å². The molecule has 7 rings (SSSR count). The van der Waals surface area contributed by atoms with E-state index in [1.807, 2.05) is 13.1 Å². The van der Waals surface area contributed by atoms with E-state index >= 15 is 0 Å². The second-order valence-corrected chi connectivity index (χ2v) is 16.7. The zero-order chi connectivity index (χ0) is 37.3. The number of likely N-dealkylation sites (tertiary alicyclic amines) is 1. The van der Waals surface area contributed by atoms with Gasteiger partial charge in [0.15, 0.2) is 5.82 Å². The number of hydrogen-bond acceptors (Lipinski definition) is 10. The third kappa shape index (κ3) is 8.01. The number of nitrogens with zero attached hydrogens (tertiary/aromatic N) is 8. The summed E-state index contributed by atoms with van der Waals surface area (Å²) in [6.45, 7) is 5.90. The minimum Gasteiger partial charge on any atom is -0.351 e. The molecule has 4 aromatic rings. The number of amides is 3. The molecular formula is C37H43ClN10O4S. The van der Waals surface area contributed by atoms with Crippen LogP contribution in [0, 0.1) is 17.2 Å². The lowest BCUT2D eigenvalue weighted by Gasteiger charge is -2.34. The van der Waals surface area contributed by atoms with Crippen LogP contribution in [0.25, 0.3) is 10.9 Å². The number of carbonyl (C=O) groups is 2. The first-order valence-corrected chi connectivity index (χ1v) is 19.9. The topological polar surface area (TPSA) is 169 Å². The Morgan fingerprint density at radius 1 is 1.02 bits per heavy atom. The lowest BCUT2D eigenvalue weighted by molar-refractivity contribution is -0.120. The molecular weight excluding hydrogens is 716 g/mol. The van der Waals surface area contributed by atoms with Gasteiger partial charge in [-0.15, -0.1) is 0 Å². The number of anilines is 2. The number of hydrogen-bond donors (Lipinski definition) is 2. The van der Waals surface area contributed by atoms with Crippen LogP contribution in [0.2, 0.25) is 5.02 Å². The fourth-order valence-electron chi connectivity index (χ4n) is 7.77. The van der Waals surface area contributed by atoms with Crippen molar-refractivity contribution in [1.82, 2.24) is 34.3 Å². The number of aryl methyl sites for hydroxylation is 1. The van der Waals surface area contributed by atoms with Crippen LogP contribution in [0.15, 0.2) is 53.7 Å². The zero-order valence-electron chi connectivity index (χ0n) is 29.8. The second kappa shape index (κ2) is 15.4. The third-order valence-corrected chi connectivity index (χ3v) is 12.7. The van der Waals surface area contributed by atoms with Crippen molar-refractivity contribution < 1.29 is 18.0 Å². The van der Waals surface area contributed by atoms with Crippen LogP contribution < -0.4 is 15.5 Å². The summed E-state index contributed by atoms with van der Waals surface area (Å²) in [4.78, 5) is 36.7. The summed E-state index contributed by atoms with van der Waals surface area (Å²) < 4.78 is 30.8. The number of piperidine rings is 2. The second-order valence-electron chi connectivity index (χ2n) is 14.3. The Morgan fingerprint density at radius 2 is 1.75 bits per heavy atom. The minimum absolute atomic E-state index is 0.0493. The van der Waals surface area contributed by atoms with E-state index in [-0.39, 0.29) is 29.2 Å². The number of nitrogens with one attached hydrogen (secondary N) is 2. The van der Waals surface area contributed by atoms with Gasteiger partial charge in [0.05, 0.1) is 39.5 Å². The van der Waals surface area contributed by atoms with Crippen LogP contribution in [0.4, 0.5) is 16.6 Å². The van der Waals surface area contributed by atoms with Crippen molar-refractivity contribution >= 4 is 56.2 Å². The number of nitriles is 1. The van der Waals surface area contributed by atoms with E-state index in [0.29, 0.717) is 67.2 Å². The van der Waals surface area contributed by atoms with Crippen LogP contribution in [0.5, 0.6) is 0 Å². The van der Waals surface area contributed by atoms with E-state index in [0.717, 1.165) is 48.9 Å². The van der Waals surface area contributed by atoms with Crippen molar-refractivity contribution in [1.29, 1.82) is 5.26 Å². The molecule has 0 aliphatic carbocycles. The van der Waals surface area contributed by atoms with Gasteiger partial charge < -0.3 is 10.2 Å². The summed E-state index contributed by atoms with van der Waals surface area (Å²) >= 11 is 5.89. The number of aromatic nitrogens is 4. The Bertz CT molecular complexity index is 2150. The molecule has 3 aliphatic heterocycles. The maximum atomic E-state index is 13.7. The number of sulfonamides is 1. The zero-order valence-corrected chi connectivity index (χ0v) is 31.4. The molecule has 0 radical (unpaired) electrons. The maximum Gasteiger partial charge on any atom is 0.329 e. The number of carbonyl (C=O) groups excluding carboxylic acids is 2. The van der Waals surface area contributed by atoms with Gasteiger partial charge >= 0.3 is 6.03 Å². The Hall–Kier alpha value is -4.62. The highest BCUT2D eigenvalue weighted by atomic mass is 35.5. The molecule has 3 fully saturated rings. The van der Waals surface area contributed by atoms with Gasteiger partial charge in [-0.1, -0.05) is 24.6 Å². The molecule has 0 saturated carbocycles. The van der Waals surface area contributed by atoms with Gasteiger partial charge in [-0.05, 0) is 98.5 Å². The summed E-state index contributed by atoms with van der Waals surface area (Å²) in [6, 6.07) is 13.1. The molecule has 3 aliphatic rings. The van der Waals surface area contributed by atoms with Gasteiger partial charge in [-0.25, -0.2) is 23.2 Å². The summed E-state index contributed by atoms with van der Waals surface area (Å²) in [6.07, 6.45) is 7.11. The molecule has 5 heterocycles. The number of imide groups is 1. The van der Waals surface area contributed by atoms with Gasteiger partial charge in [0.1, 0.15) is 0 Å². The summed E-state index contributed by atoms with van der Waals surface area (Å²) in [5.41, 5.74) is 3.45. The van der Waals surface area contributed by atoms with Crippen LogP contribution in [0.3, 0.4) is 0 Å². The van der Waals surface area contributed by atoms with E-state index in [4.69, 9.17) is 11.6 Å². The van der Waals surface area contributed by atoms with E-state index in [2.05, 4.69) is 55.7 Å². The molecule has 16 heteroatoms. The van der Waals surface area contributed by atoms with Gasteiger partial charge in [0.25, 0.3) is 0 Å². The lowest BCUT2D eigenvalue weighted by Crippen LogP contribution is -2.49. The molecule has 3 saturated heterocycles. The van der Waals surface area contributed by atoms with Crippen molar-refractivity contribution in [2.75, 3.05) is 49.5 Å². The van der Waals surface area contributed by atoms with Crippen LogP contribution >= 0.6 is 11.6 Å². The summed E-state index contributed by atoms with van der Waals surface area (Å²) in [7, 11) is -1.86. The number of fused-ring (bicyclic) bond motifs is 1. The molecule has 1 unspecified atom stereocenters. The Balaban J connectivity index is 0.939. The van der Waals surface area contributed by atoms with Crippen molar-refractivity contribution in [2.45, 2.75) is 62.3 Å². The molecule has 14 nitrogen and oxygen atoms in total. The number of benzene rings is 2. The SMILES string of the molecule is CC(Cc1cc(S(=O)(=O)N2CCC(Nc3ncc(Cl)cn3)CC2)ccc1C#N)CN1CCC(c2ccc3c(N4CCC(=O)NC4=O)nn(C)c3c2)CC1. The fraction of sp³-hybridized carbons (Fsp3) is 0.459. The largest absolute Gasteiger partial charge is 0.351 e. The highest BCUT2D eigenvalue weighted by molar-refractivity contribution is 7.89. The monoisotopic (exact) mass is 758 g/mol. The molecule has 2 aromatic carbocycles. The third-order valence-electron chi connectivity index (χ3n) is 10.6. The number of rotatable bonds is 10. The molecule has 0 spiro atoms. The first-order chi connectivity index (χ1) is 25.5. The Labute approximate surface area is 314 Å². The van der Waals surface area contributed by atoms with Crippen LogP contribution in [0.1, 0.15) is 61.6 Å². The highest BCUT2D eigenvalue weighted by Gasteiger charge is 2.31. The molecule has 278 valence electrons. The molecule has 2 N–H and O–H groups in total. The first-order valence-electron chi connectivity index (χ1n) is 18.1. The van der Waals surface area contributed by atoms with Gasteiger partial charge in [0.2, 0.25) is 21.9 Å². The van der Waals surface area contributed by atoms with Crippen LogP contribution in [-0.4, -0.2) is 94.6 Å². The smallest absolute Gasteiger partial charge is 0.329 e. The molecule has 3 amide bonds. The summed E-state index contributed by atoms with van der Waals surface area (Å²) in [5.74, 6) is 1.35. The van der Waals surface area contributed by atoms with E-state index < -0.39 is 16.1 Å². The van der Waals surface area contributed by atoms with E-state index in [1.165, 1.54) is 27.2 Å². The molecule has 1 atom stereocenters. The van der Waals surface area contributed by atoms with Crippen molar-refractivity contribution in [3.63, 3.8) is 0 Å². The standard InChI is InChI=1S/C37H43ClN10O4S/c1-24(17-28-18-31(5-3-27(28)20-39)53(51,52)47-14-9-30(10-15-47)42-36-40-21-29(38)22-41-36)23-46-12-7-25(8-13-46)26-4-6-32-33(19-26)45(2)44-35(32)48-16-11-34(49)43-37(48)50/h3-6,18-19,21-22,24-25,30H,7-17,23H2,1-2H3,(H,40,41,42)(H,43,49,50). The van der Waals surface area contributed by atoms with Gasteiger partial charge in [-0.3, -0.25) is 19.7 Å². The van der Waals surface area contributed by atoms with E-state index in [9.17, 15) is 23.3 Å². The molecule has 0 bridgehead atoms. The molecule has 2 aromatic heterocycles. The maximum absolute atomic E-state index is 13.7. The van der Waals surface area contributed by atoms with Crippen molar-refractivity contribution in [2.24, 2.45) is 13.0 Å². The van der Waals surface area contributed by atoms with E-state index in [1.54, 1.807) is 22.9 Å². The molecule has 53 heavy (non-hydrogen) atoms.